The molecule has 5 heteroatoms. The molecule has 0 aliphatic rings. The summed E-state index contributed by atoms with van der Waals surface area (Å²) in [6.07, 6.45) is 0.161. The second-order valence-corrected chi connectivity index (χ2v) is 6.37. The van der Waals surface area contributed by atoms with Crippen molar-refractivity contribution in [2.24, 2.45) is 0 Å². The van der Waals surface area contributed by atoms with E-state index in [0.717, 1.165) is 5.75 Å². The molecule has 3 aromatic rings. The van der Waals surface area contributed by atoms with Crippen molar-refractivity contribution in [1.82, 2.24) is 0 Å². The molecule has 0 fully saturated rings. The van der Waals surface area contributed by atoms with Gasteiger partial charge in [0.05, 0.1) is 0 Å². The Bertz CT molecular complexity index is 755. The Morgan fingerprint density at radius 2 is 1.11 bits per heavy atom. The second-order valence-electron chi connectivity index (χ2n) is 5.97. The lowest BCUT2D eigenvalue weighted by Crippen LogP contribution is -2.57. The maximum absolute atomic E-state index is 6.25. The van der Waals surface area contributed by atoms with Crippen LogP contribution in [-0.4, -0.2) is 22.6 Å². The Labute approximate surface area is 163 Å². The van der Waals surface area contributed by atoms with E-state index in [0.29, 0.717) is 28.4 Å². The molecule has 0 aliphatic carbocycles. The first kappa shape index (κ1) is 19.0. The number of rotatable bonds is 9. The zero-order chi connectivity index (χ0) is 19.0. The summed E-state index contributed by atoms with van der Waals surface area (Å²) in [5, 5.41) is 0. The van der Waals surface area contributed by atoms with Crippen LogP contribution in [0.2, 0.25) is 0 Å². The first-order chi connectivity index (χ1) is 13.3. The van der Waals surface area contributed by atoms with Gasteiger partial charge in [-0.05, 0) is 42.8 Å². The van der Waals surface area contributed by atoms with Gasteiger partial charge in [-0.25, -0.2) is 0 Å². The highest BCUT2D eigenvalue weighted by Crippen LogP contribution is 2.30. The van der Waals surface area contributed by atoms with E-state index in [-0.39, 0.29) is 0 Å². The van der Waals surface area contributed by atoms with E-state index in [1.165, 1.54) is 0 Å². The summed E-state index contributed by atoms with van der Waals surface area (Å²) in [6.45, 7) is 2.02. The van der Waals surface area contributed by atoms with Crippen molar-refractivity contribution in [1.29, 1.82) is 0 Å². The third kappa shape index (κ3) is 4.90. The second kappa shape index (κ2) is 9.25. The van der Waals surface area contributed by atoms with Crippen LogP contribution in [0.3, 0.4) is 0 Å². The van der Waals surface area contributed by atoms with Crippen molar-refractivity contribution < 1.29 is 18.6 Å². The number of para-hydroxylation sites is 3. The lowest BCUT2D eigenvalue weighted by atomic mass is 10.2. The Kier molecular flexibility index (Phi) is 6.52. The van der Waals surface area contributed by atoms with E-state index in [4.69, 9.17) is 18.6 Å². The normalized spacial score (nSPS) is 12.3. The molecule has 3 rings (SSSR count). The molecular weight excluding hydrogens is 356 g/mol. The Morgan fingerprint density at radius 1 is 0.704 bits per heavy atom. The molecule has 0 heterocycles. The number of hydrogen-bond donors (Lipinski definition) is 0. The van der Waals surface area contributed by atoms with Crippen LogP contribution in [0.25, 0.3) is 0 Å². The minimum Gasteiger partial charge on any atom is -0.479 e. The van der Waals surface area contributed by atoms with E-state index in [1.54, 1.807) is 0 Å². The predicted octanol–water partition coefficient (Wildman–Crippen LogP) is 3.95. The van der Waals surface area contributed by atoms with E-state index in [1.807, 2.05) is 97.9 Å². The third-order valence-electron chi connectivity index (χ3n) is 4.08. The number of ether oxygens (including phenoxy) is 3. The molecular formula is C22H24O4Si. The minimum atomic E-state index is -1.39. The van der Waals surface area contributed by atoms with Gasteiger partial charge in [-0.1, -0.05) is 61.5 Å². The maximum atomic E-state index is 6.25. The third-order valence-corrected chi connectivity index (χ3v) is 4.65. The summed E-state index contributed by atoms with van der Waals surface area (Å²) < 4.78 is 24.6. The van der Waals surface area contributed by atoms with Crippen LogP contribution in [0, 0.1) is 0 Å². The summed E-state index contributed by atoms with van der Waals surface area (Å²) in [5.74, 6) is 0.652. The van der Waals surface area contributed by atoms with E-state index in [2.05, 4.69) is 0 Å². The fourth-order valence-corrected chi connectivity index (χ4v) is 3.17. The predicted molar refractivity (Wildman–Crippen MR) is 109 cm³/mol. The lowest BCUT2D eigenvalue weighted by molar-refractivity contribution is -0.295. The largest absolute Gasteiger partial charge is 0.479 e. The minimum absolute atomic E-state index is 0.407. The van der Waals surface area contributed by atoms with Gasteiger partial charge in [0, 0.05) is 0 Å². The van der Waals surface area contributed by atoms with Crippen molar-refractivity contribution in [3.8, 4) is 17.2 Å². The average molecular weight is 381 g/mol. The first-order valence-electron chi connectivity index (χ1n) is 9.00. The molecule has 0 aliphatic heterocycles. The first-order valence-corrected chi connectivity index (χ1v) is 9.82. The van der Waals surface area contributed by atoms with Crippen molar-refractivity contribution >= 4 is 10.5 Å². The molecule has 0 amide bonds. The van der Waals surface area contributed by atoms with Gasteiger partial charge >= 0.3 is 5.97 Å². The topological polar surface area (TPSA) is 36.9 Å². The molecule has 1 atom stereocenters. The number of benzene rings is 3. The van der Waals surface area contributed by atoms with Crippen molar-refractivity contribution in [3.63, 3.8) is 0 Å². The van der Waals surface area contributed by atoms with Gasteiger partial charge in [-0.15, -0.1) is 0 Å². The molecule has 0 saturated carbocycles. The molecule has 0 saturated heterocycles. The van der Waals surface area contributed by atoms with Crippen LogP contribution in [0.1, 0.15) is 13.3 Å². The molecule has 0 bridgehead atoms. The smallest absolute Gasteiger partial charge is 0.400 e. The van der Waals surface area contributed by atoms with Gasteiger partial charge in [-0.2, -0.15) is 0 Å². The molecule has 4 nitrogen and oxygen atoms in total. The SMILES string of the molecule is CCC(Oc1ccccc1)C(O[SiH3])(Oc1ccccc1)Oc1ccccc1. The lowest BCUT2D eigenvalue weighted by Gasteiger charge is -2.38. The molecule has 140 valence electrons. The highest BCUT2D eigenvalue weighted by Gasteiger charge is 2.46. The quantitative estimate of drug-likeness (QED) is 0.416. The average Bonchev–Trinajstić information content (AvgIpc) is 2.74. The molecule has 27 heavy (non-hydrogen) atoms. The highest BCUT2D eigenvalue weighted by molar-refractivity contribution is 5.98. The monoisotopic (exact) mass is 380 g/mol. The standard InChI is InChI=1S/C22H24O4Si/c1-2-21(23-18-12-6-3-7-13-18)22(26-27,24-19-14-8-4-9-15-19)25-20-16-10-5-11-17-20/h3-17,21H,2H2,1,27H3. The summed E-state index contributed by atoms with van der Waals surface area (Å²) in [4.78, 5) is 0. The molecule has 0 radical (unpaired) electrons. The summed E-state index contributed by atoms with van der Waals surface area (Å²) >= 11 is 0. The van der Waals surface area contributed by atoms with Gasteiger partial charge < -0.3 is 18.6 Å². The van der Waals surface area contributed by atoms with Crippen molar-refractivity contribution in [2.75, 3.05) is 0 Å². The van der Waals surface area contributed by atoms with Crippen LogP contribution < -0.4 is 14.2 Å². The molecule has 1 unspecified atom stereocenters. The van der Waals surface area contributed by atoms with Gasteiger partial charge in [-0.3, -0.25) is 0 Å². The Hall–Kier alpha value is -2.76. The molecule has 0 spiro atoms. The highest BCUT2D eigenvalue weighted by atomic mass is 28.2. The maximum Gasteiger partial charge on any atom is 0.400 e. The van der Waals surface area contributed by atoms with Crippen LogP contribution >= 0.6 is 0 Å². The van der Waals surface area contributed by atoms with Crippen LogP contribution in [0.5, 0.6) is 17.2 Å². The van der Waals surface area contributed by atoms with Gasteiger partial charge in [0.2, 0.25) is 6.10 Å². The van der Waals surface area contributed by atoms with Gasteiger partial charge in [0.1, 0.15) is 17.2 Å². The van der Waals surface area contributed by atoms with Gasteiger partial charge in [0.15, 0.2) is 10.5 Å². The molecule has 0 aromatic heterocycles. The summed E-state index contributed by atoms with van der Waals surface area (Å²) in [5.41, 5.74) is 0. The Balaban J connectivity index is 1.95. The van der Waals surface area contributed by atoms with Crippen LogP contribution in [0.15, 0.2) is 91.0 Å². The van der Waals surface area contributed by atoms with Crippen LogP contribution in [-0.2, 0) is 4.43 Å². The number of hydrogen-bond acceptors (Lipinski definition) is 4. The fourth-order valence-electron chi connectivity index (χ4n) is 2.74. The van der Waals surface area contributed by atoms with Gasteiger partial charge in [0.25, 0.3) is 0 Å². The van der Waals surface area contributed by atoms with Crippen molar-refractivity contribution in [3.05, 3.63) is 91.0 Å². The van der Waals surface area contributed by atoms with Crippen LogP contribution in [0.4, 0.5) is 0 Å². The zero-order valence-corrected chi connectivity index (χ0v) is 17.6. The Morgan fingerprint density at radius 3 is 1.48 bits per heavy atom. The molecule has 3 aromatic carbocycles. The van der Waals surface area contributed by atoms with Crippen molar-refractivity contribution in [2.45, 2.75) is 25.4 Å². The van der Waals surface area contributed by atoms with E-state index in [9.17, 15) is 0 Å². The van der Waals surface area contributed by atoms with E-state index < -0.39 is 12.1 Å². The summed E-state index contributed by atoms with van der Waals surface area (Å²) in [6, 6.07) is 28.6. The van der Waals surface area contributed by atoms with E-state index >= 15 is 0 Å². The summed E-state index contributed by atoms with van der Waals surface area (Å²) in [7, 11) is 0.407. The fraction of sp³-hybridized carbons (Fsp3) is 0.182. The zero-order valence-electron chi connectivity index (χ0n) is 15.6. The molecule has 0 N–H and O–H groups in total.